The number of phenolic OH excluding ortho intramolecular Hbond substituents is 3. The Morgan fingerprint density at radius 2 is 1.47 bits per heavy atom. The molecule has 0 bridgehead atoms. The molecule has 3 aliphatic rings. The summed E-state index contributed by atoms with van der Waals surface area (Å²) in [7, 11) is 1.36. The Balaban J connectivity index is 1.14. The van der Waals surface area contributed by atoms with E-state index in [0.29, 0.717) is 5.56 Å². The van der Waals surface area contributed by atoms with Gasteiger partial charge in [0.05, 0.1) is 25.9 Å². The average Bonchev–Trinajstić information content (AvgIpc) is 3.27. The van der Waals surface area contributed by atoms with Gasteiger partial charge in [0.2, 0.25) is 6.29 Å². The predicted molar refractivity (Wildman–Crippen MR) is 212 cm³/mol. The molecule has 0 radical (unpaired) electrons. The minimum Gasteiger partial charge on any atom is -0.507 e. The lowest BCUT2D eigenvalue weighted by Gasteiger charge is -2.45. The van der Waals surface area contributed by atoms with Crippen LogP contribution in [0, 0.1) is 0 Å². The van der Waals surface area contributed by atoms with E-state index in [-0.39, 0.29) is 47.0 Å². The van der Waals surface area contributed by atoms with Crippen LogP contribution in [-0.4, -0.2) is 174 Å². The molecule has 0 spiro atoms. The summed E-state index contributed by atoms with van der Waals surface area (Å²) < 4.78 is 44.6. The third-order valence-corrected chi connectivity index (χ3v) is 11.2. The van der Waals surface area contributed by atoms with E-state index in [1.165, 1.54) is 43.5 Å². The maximum Gasteiger partial charge on any atom is 0.306 e. The summed E-state index contributed by atoms with van der Waals surface area (Å²) in [4.78, 5) is 26.6. The number of phenols is 3. The highest BCUT2D eigenvalue weighted by molar-refractivity contribution is 5.88. The quantitative estimate of drug-likeness (QED) is 0.0641. The van der Waals surface area contributed by atoms with Crippen molar-refractivity contribution in [3.8, 4) is 40.1 Å². The fourth-order valence-corrected chi connectivity index (χ4v) is 7.61. The van der Waals surface area contributed by atoms with Crippen molar-refractivity contribution in [2.24, 2.45) is 0 Å². The van der Waals surface area contributed by atoms with Crippen LogP contribution in [0.5, 0.6) is 28.7 Å². The van der Waals surface area contributed by atoms with E-state index >= 15 is 0 Å². The third-order valence-electron chi connectivity index (χ3n) is 11.2. The maximum atomic E-state index is 13.7. The number of aliphatic hydroxyl groups excluding tert-OH is 9. The zero-order chi connectivity index (χ0) is 46.1. The lowest BCUT2D eigenvalue weighted by atomic mass is 9.89. The summed E-state index contributed by atoms with van der Waals surface area (Å²) >= 11 is 0. The van der Waals surface area contributed by atoms with Crippen molar-refractivity contribution in [1.29, 1.82) is 0 Å². The van der Waals surface area contributed by atoms with Crippen LogP contribution in [0.25, 0.3) is 22.3 Å². The smallest absolute Gasteiger partial charge is 0.306 e. The molecule has 7 rings (SSSR count). The van der Waals surface area contributed by atoms with Crippen molar-refractivity contribution < 1.29 is 104 Å². The molecule has 3 fully saturated rings. The van der Waals surface area contributed by atoms with Gasteiger partial charge in [-0.1, -0.05) is 6.07 Å². The molecule has 22 heteroatoms. The zero-order valence-corrected chi connectivity index (χ0v) is 33.8. The Kier molecular flexibility index (Phi) is 14.3. The van der Waals surface area contributed by atoms with Crippen molar-refractivity contribution in [3.05, 3.63) is 75.9 Å². The Morgan fingerprint density at radius 3 is 2.17 bits per heavy atom. The van der Waals surface area contributed by atoms with Crippen molar-refractivity contribution in [2.45, 2.75) is 98.7 Å². The van der Waals surface area contributed by atoms with Crippen molar-refractivity contribution >= 4 is 16.9 Å². The molecule has 4 aromatic rings. The van der Waals surface area contributed by atoms with Gasteiger partial charge in [-0.15, -0.1) is 0 Å². The SMILES string of the molecule is COc1cc(CCC(=O)OC[C@@H]2O[C@H](c3c(O)cc4oc(-c5ccc(O[C@H]6O[C@@H](CO)[C@H](O)[C@@H](O)[C@@H]6O)cc5)cc(=O)c4c3O)[C@@H](O[C@H]3OC[C@@H](O)[C@H](O)[C@@H]3O)[C@H](O)[C@H]2O)ccc1O. The van der Waals surface area contributed by atoms with Gasteiger partial charge in [-0.2, -0.15) is 0 Å². The van der Waals surface area contributed by atoms with Gasteiger partial charge < -0.3 is 98.9 Å². The topological polar surface area (TPSA) is 355 Å². The number of hydrogen-bond acceptors (Lipinski definition) is 22. The van der Waals surface area contributed by atoms with Crippen LogP contribution in [0.15, 0.2) is 63.8 Å². The number of fused-ring (bicyclic) bond motifs is 1. The number of carbonyl (C=O) groups is 1. The monoisotopic (exact) mass is 904 g/mol. The van der Waals surface area contributed by atoms with E-state index in [1.807, 2.05) is 0 Å². The van der Waals surface area contributed by atoms with Gasteiger partial charge in [-0.05, 0) is 48.4 Å². The van der Waals surface area contributed by atoms with Crippen LogP contribution in [0.1, 0.15) is 23.7 Å². The highest BCUT2D eigenvalue weighted by Crippen LogP contribution is 2.46. The molecule has 1 aromatic heterocycles. The Labute approximate surface area is 361 Å². The highest BCUT2D eigenvalue weighted by Gasteiger charge is 2.51. The van der Waals surface area contributed by atoms with E-state index in [1.54, 1.807) is 6.07 Å². The van der Waals surface area contributed by atoms with Gasteiger partial charge in [-0.25, -0.2) is 0 Å². The fourth-order valence-electron chi connectivity index (χ4n) is 7.61. The van der Waals surface area contributed by atoms with Gasteiger partial charge in [0, 0.05) is 24.1 Å². The second kappa shape index (κ2) is 19.5. The van der Waals surface area contributed by atoms with Crippen molar-refractivity contribution in [2.75, 3.05) is 26.9 Å². The first-order valence-electron chi connectivity index (χ1n) is 20.0. The predicted octanol–water partition coefficient (Wildman–Crippen LogP) is -2.07. The summed E-state index contributed by atoms with van der Waals surface area (Å²) in [5.74, 6) is -2.33. The van der Waals surface area contributed by atoms with E-state index in [2.05, 4.69) is 0 Å². The Morgan fingerprint density at radius 1 is 0.766 bits per heavy atom. The molecular formula is C42H48O22. The largest absolute Gasteiger partial charge is 0.507 e. The summed E-state index contributed by atoms with van der Waals surface area (Å²) in [6, 6.07) is 12.1. The molecule has 64 heavy (non-hydrogen) atoms. The van der Waals surface area contributed by atoms with E-state index in [0.717, 1.165) is 12.1 Å². The number of carbonyl (C=O) groups excluding carboxylic acids is 1. The summed E-state index contributed by atoms with van der Waals surface area (Å²) in [5, 5.41) is 126. The van der Waals surface area contributed by atoms with Gasteiger partial charge in [-0.3, -0.25) is 9.59 Å². The van der Waals surface area contributed by atoms with Crippen LogP contribution >= 0.6 is 0 Å². The van der Waals surface area contributed by atoms with E-state index < -0.39 is 139 Å². The van der Waals surface area contributed by atoms with Crippen molar-refractivity contribution in [3.63, 3.8) is 0 Å². The van der Waals surface area contributed by atoms with Gasteiger partial charge in [0.25, 0.3) is 0 Å². The standard InChI is InChI=1S/C42H48O22/c1-57-24-10-16(2-8-19(24)44)3-9-28(48)58-15-27-33(51)36(54)40(64-41-37(55)31(49)22(47)14-59-41)39(62-27)30-21(46)12-25-29(34(30)52)20(45)11-23(61-25)17-4-6-18(7-5-17)60-42-38(56)35(53)32(50)26(13-43)63-42/h2,4-8,10-12,22,26-27,31-33,35-44,46-47,49-56H,3,9,13-15H2,1H3/t22-,26+,27+,31+,32+,33+,35-,36-,37+,38+,39-,40+,41-,42+/m1/s1. The number of methoxy groups -OCH3 is 1. The highest BCUT2D eigenvalue weighted by atomic mass is 16.7. The molecule has 3 saturated heterocycles. The van der Waals surface area contributed by atoms with Crippen LogP contribution < -0.4 is 14.9 Å². The number of hydrogen-bond donors (Lipinski definition) is 12. The number of aliphatic hydroxyl groups is 9. The normalized spacial score (nSPS) is 32.0. The summed E-state index contributed by atoms with van der Waals surface area (Å²) in [6.07, 6.45) is -23.7. The molecule has 0 saturated carbocycles. The molecule has 3 aliphatic heterocycles. The first-order chi connectivity index (χ1) is 30.5. The molecule has 4 heterocycles. The molecular weight excluding hydrogens is 856 g/mol. The Hall–Kier alpha value is -5.18. The molecule has 3 aromatic carbocycles. The maximum absolute atomic E-state index is 13.7. The molecule has 0 unspecified atom stereocenters. The number of aromatic hydroxyl groups is 3. The first kappa shape index (κ1) is 46.8. The van der Waals surface area contributed by atoms with Crippen LogP contribution in [0.4, 0.5) is 0 Å². The minimum absolute atomic E-state index is 0.0623. The second-order valence-electron chi connectivity index (χ2n) is 15.5. The minimum atomic E-state index is -2.01. The van der Waals surface area contributed by atoms with Crippen LogP contribution in [-0.2, 0) is 34.9 Å². The number of benzene rings is 3. The number of ether oxygens (including phenoxy) is 7. The molecule has 0 aliphatic carbocycles. The Bertz CT molecular complexity index is 2320. The summed E-state index contributed by atoms with van der Waals surface area (Å²) in [6.45, 7) is -1.88. The van der Waals surface area contributed by atoms with Gasteiger partial charge in [0.1, 0.15) is 114 Å². The fraction of sp³-hybridized carbons (Fsp3) is 0.476. The van der Waals surface area contributed by atoms with Gasteiger partial charge in [0.15, 0.2) is 23.2 Å². The molecule has 12 N–H and O–H groups in total. The zero-order valence-electron chi connectivity index (χ0n) is 33.8. The lowest BCUT2D eigenvalue weighted by molar-refractivity contribution is -0.325. The molecule has 22 nitrogen and oxygen atoms in total. The van der Waals surface area contributed by atoms with Crippen LogP contribution in [0.3, 0.4) is 0 Å². The molecule has 14 atom stereocenters. The van der Waals surface area contributed by atoms with E-state index in [9.17, 15) is 70.9 Å². The van der Waals surface area contributed by atoms with Crippen LogP contribution in [0.2, 0.25) is 0 Å². The third kappa shape index (κ3) is 9.46. The second-order valence-corrected chi connectivity index (χ2v) is 15.5. The lowest BCUT2D eigenvalue weighted by Crippen LogP contribution is -2.60. The first-order valence-corrected chi connectivity index (χ1v) is 20.0. The van der Waals surface area contributed by atoms with Crippen molar-refractivity contribution in [1.82, 2.24) is 0 Å². The average molecular weight is 905 g/mol. The van der Waals surface area contributed by atoms with E-state index in [4.69, 9.17) is 37.6 Å². The number of esters is 1. The number of aryl methyl sites for hydroxylation is 1. The van der Waals surface area contributed by atoms with Gasteiger partial charge >= 0.3 is 5.97 Å². The number of rotatable bonds is 13. The summed E-state index contributed by atoms with van der Waals surface area (Å²) in [5.41, 5.74) is -0.844. The molecule has 348 valence electrons. The molecule has 0 amide bonds.